The fourth-order valence-electron chi connectivity index (χ4n) is 11.7. The van der Waals surface area contributed by atoms with Crippen LogP contribution in [0.3, 0.4) is 0 Å². The summed E-state index contributed by atoms with van der Waals surface area (Å²) in [6.07, 6.45) is 4.52. The summed E-state index contributed by atoms with van der Waals surface area (Å²) >= 11 is 0. The number of benzene rings is 4. The van der Waals surface area contributed by atoms with Crippen LogP contribution in [-0.2, 0) is 35.8 Å². The summed E-state index contributed by atoms with van der Waals surface area (Å²) < 4.78 is 19.6. The number of rotatable bonds is 13. The summed E-state index contributed by atoms with van der Waals surface area (Å²) in [4.78, 5) is 41.6. The summed E-state index contributed by atoms with van der Waals surface area (Å²) in [5.74, 6) is -3.26. The van der Waals surface area contributed by atoms with Crippen molar-refractivity contribution in [1.29, 1.82) is 0 Å². The number of fused-ring (bicyclic) bond motifs is 5. The number of amides is 1. The summed E-state index contributed by atoms with van der Waals surface area (Å²) in [5.41, 5.74) is -1.94. The van der Waals surface area contributed by atoms with Gasteiger partial charge in [0.2, 0.25) is 0 Å². The van der Waals surface area contributed by atoms with Crippen LogP contribution in [0.25, 0.3) is 0 Å². The first-order chi connectivity index (χ1) is 30.3. The van der Waals surface area contributed by atoms with Gasteiger partial charge in [0.15, 0.2) is 5.78 Å². The summed E-state index contributed by atoms with van der Waals surface area (Å²) in [6, 6.07) is 39.5. The van der Waals surface area contributed by atoms with Gasteiger partial charge in [0.1, 0.15) is 22.4 Å². The van der Waals surface area contributed by atoms with Crippen LogP contribution in [0, 0.1) is 29.1 Å². The van der Waals surface area contributed by atoms with Gasteiger partial charge in [-0.3, -0.25) is 9.59 Å². The minimum Gasteiger partial charge on any atom is -0.458 e. The van der Waals surface area contributed by atoms with E-state index in [1.54, 1.807) is 33.8 Å². The molecule has 1 amide bonds. The maximum Gasteiger partial charge on any atom is 0.407 e. The number of esters is 1. The van der Waals surface area contributed by atoms with E-state index in [0.717, 1.165) is 22.3 Å². The minimum absolute atomic E-state index is 0.0281. The predicted molar refractivity (Wildman–Crippen MR) is 246 cm³/mol. The van der Waals surface area contributed by atoms with Gasteiger partial charge in [-0.1, -0.05) is 154 Å². The summed E-state index contributed by atoms with van der Waals surface area (Å²) in [7, 11) is 0. The van der Waals surface area contributed by atoms with Gasteiger partial charge in [-0.2, -0.15) is 0 Å². The lowest BCUT2D eigenvalue weighted by Gasteiger charge is -2.50. The standard InChI is InChI=1S/C55H63NO8/c1-36-30-45-52(60,48(36)58)34-39(35-62-55(40-22-14-9-15-23-40,41-24-16-10-17-25-41)42-26-18-11-19-27-42)31-44-47-51(6,7)53(47,33-37(2)54(44,45)61)63-46(57)32-43(56-49(59)64-50(3,4)5)29-28-38-20-12-8-13-21-38/h8-27,30-31,37,43-45,47,60-61H,28-29,32-35H2,1-7H3,(H,56,59)/t37-,43+,44+,45-,47-,52-,53+,54-/m1/s1. The number of carbonyl (C=O) groups excluding carboxylic acids is 3. The average molecular weight is 866 g/mol. The smallest absolute Gasteiger partial charge is 0.407 e. The topological polar surface area (TPSA) is 131 Å². The van der Waals surface area contributed by atoms with Crippen molar-refractivity contribution >= 4 is 17.8 Å². The van der Waals surface area contributed by atoms with Gasteiger partial charge < -0.3 is 29.7 Å². The van der Waals surface area contributed by atoms with E-state index in [-0.39, 0.29) is 25.4 Å². The Balaban J connectivity index is 1.15. The number of hydrogen-bond donors (Lipinski definition) is 3. The van der Waals surface area contributed by atoms with Gasteiger partial charge in [0.25, 0.3) is 0 Å². The largest absolute Gasteiger partial charge is 0.458 e. The highest BCUT2D eigenvalue weighted by Crippen LogP contribution is 2.76. The molecule has 3 N–H and O–H groups in total. The molecule has 4 aliphatic carbocycles. The lowest BCUT2D eigenvalue weighted by Crippen LogP contribution is -2.61. The molecule has 0 radical (unpaired) electrons. The molecule has 4 aromatic rings. The molecule has 9 heteroatoms. The zero-order valence-electron chi connectivity index (χ0n) is 38.2. The Morgan fingerprint density at radius 3 is 1.88 bits per heavy atom. The predicted octanol–water partition coefficient (Wildman–Crippen LogP) is 9.44. The van der Waals surface area contributed by atoms with Gasteiger partial charge in [-0.05, 0) is 86.3 Å². The second-order valence-corrected chi connectivity index (χ2v) is 20.3. The first kappa shape index (κ1) is 45.2. The summed E-state index contributed by atoms with van der Waals surface area (Å²) in [6.45, 7) is 13.2. The second kappa shape index (κ2) is 16.9. The number of alkyl carbamates (subject to hydrolysis) is 1. The normalized spacial score (nSPS) is 28.5. The Kier molecular flexibility index (Phi) is 11.9. The third-order valence-electron chi connectivity index (χ3n) is 14.7. The number of Topliss-reactive ketones (excluding diaryl/α,β-unsaturated/α-hetero) is 1. The van der Waals surface area contributed by atoms with Crippen LogP contribution in [-0.4, -0.2) is 63.1 Å². The van der Waals surface area contributed by atoms with Crippen LogP contribution in [0.1, 0.15) is 96.4 Å². The Morgan fingerprint density at radius 1 is 0.812 bits per heavy atom. The van der Waals surface area contributed by atoms with Crippen molar-refractivity contribution in [3.05, 3.63) is 167 Å². The van der Waals surface area contributed by atoms with Crippen molar-refractivity contribution in [2.24, 2.45) is 29.1 Å². The third-order valence-corrected chi connectivity index (χ3v) is 14.7. The van der Waals surface area contributed by atoms with E-state index in [1.807, 2.05) is 134 Å². The molecular weight excluding hydrogens is 803 g/mol. The van der Waals surface area contributed by atoms with Crippen LogP contribution in [0.15, 0.2) is 145 Å². The molecule has 0 heterocycles. The lowest BCUT2D eigenvalue weighted by atomic mass is 9.60. The number of ether oxygens (including phenoxy) is 3. The molecule has 0 aromatic heterocycles. The zero-order chi connectivity index (χ0) is 45.7. The minimum atomic E-state index is -1.92. The molecule has 0 unspecified atom stereocenters. The quantitative estimate of drug-likeness (QED) is 0.0689. The van der Waals surface area contributed by atoms with Crippen molar-refractivity contribution in [2.75, 3.05) is 6.61 Å². The summed E-state index contributed by atoms with van der Waals surface area (Å²) in [5, 5.41) is 29.0. The van der Waals surface area contributed by atoms with E-state index < -0.39 is 75.1 Å². The van der Waals surface area contributed by atoms with Gasteiger partial charge >= 0.3 is 12.1 Å². The molecule has 0 aliphatic heterocycles. The van der Waals surface area contributed by atoms with Crippen molar-refractivity contribution in [3.63, 3.8) is 0 Å². The van der Waals surface area contributed by atoms with Crippen molar-refractivity contribution in [1.82, 2.24) is 5.32 Å². The fraction of sp³-hybridized carbons (Fsp3) is 0.436. The Hall–Kier alpha value is -5.35. The average Bonchev–Trinajstić information content (AvgIpc) is 3.66. The van der Waals surface area contributed by atoms with Crippen LogP contribution in [0.5, 0.6) is 0 Å². The molecule has 9 nitrogen and oxygen atoms in total. The molecule has 0 saturated heterocycles. The van der Waals surface area contributed by atoms with Crippen LogP contribution >= 0.6 is 0 Å². The van der Waals surface area contributed by atoms with E-state index in [1.165, 1.54) is 0 Å². The first-order valence-corrected chi connectivity index (χ1v) is 22.8. The van der Waals surface area contributed by atoms with E-state index in [4.69, 9.17) is 14.2 Å². The highest BCUT2D eigenvalue weighted by molar-refractivity contribution is 6.04. The number of aliphatic hydroxyl groups is 2. The van der Waals surface area contributed by atoms with Gasteiger partial charge in [-0.25, -0.2) is 4.79 Å². The maximum atomic E-state index is 14.3. The third kappa shape index (κ3) is 7.94. The van der Waals surface area contributed by atoms with Gasteiger partial charge in [0, 0.05) is 35.6 Å². The highest BCUT2D eigenvalue weighted by Gasteiger charge is 2.83. The van der Waals surface area contributed by atoms with Crippen molar-refractivity contribution in [2.45, 2.75) is 115 Å². The zero-order valence-corrected chi connectivity index (χ0v) is 38.2. The first-order valence-electron chi connectivity index (χ1n) is 22.8. The molecule has 4 aromatic carbocycles. The fourth-order valence-corrected chi connectivity index (χ4v) is 11.7. The Bertz CT molecular complexity index is 2310. The molecule has 336 valence electrons. The number of aryl methyl sites for hydroxylation is 1. The number of nitrogens with one attached hydrogen (secondary N) is 1. The van der Waals surface area contributed by atoms with Crippen LogP contribution in [0.2, 0.25) is 0 Å². The number of hydrogen-bond acceptors (Lipinski definition) is 8. The molecular formula is C55H63NO8. The van der Waals surface area contributed by atoms with Crippen LogP contribution in [0.4, 0.5) is 4.79 Å². The number of carbonyl (C=O) groups is 3. The van der Waals surface area contributed by atoms with Crippen molar-refractivity contribution in [3.8, 4) is 0 Å². The molecule has 64 heavy (non-hydrogen) atoms. The molecule has 4 aliphatic rings. The lowest BCUT2D eigenvalue weighted by molar-refractivity contribution is -0.187. The van der Waals surface area contributed by atoms with E-state index in [9.17, 15) is 24.6 Å². The second-order valence-electron chi connectivity index (χ2n) is 20.3. The maximum absolute atomic E-state index is 14.3. The molecule has 0 spiro atoms. The Morgan fingerprint density at radius 2 is 1.34 bits per heavy atom. The SMILES string of the molecule is CC1=C[C@H]2[C@@]3(O)[C@H](C)C[C@]4(OC(=O)C[C@H](CCc5ccccc5)NC(=O)OC(C)(C)C)[C@H]([C@@H]3C=C(COC(c3ccccc3)(c3ccccc3)c3ccccc3)C[C@]2(O)C1=O)C4(C)C. The molecule has 8 atom stereocenters. The van der Waals surface area contributed by atoms with Gasteiger partial charge in [0.05, 0.1) is 18.6 Å². The Labute approximate surface area is 377 Å². The van der Waals surface area contributed by atoms with E-state index in [0.29, 0.717) is 30.4 Å². The molecule has 8 rings (SSSR count). The van der Waals surface area contributed by atoms with E-state index in [2.05, 4.69) is 19.2 Å². The molecule has 2 saturated carbocycles. The number of ketones is 1. The monoisotopic (exact) mass is 865 g/mol. The molecule has 0 bridgehead atoms. The highest BCUT2D eigenvalue weighted by atomic mass is 16.6. The van der Waals surface area contributed by atoms with Gasteiger partial charge in [-0.15, -0.1) is 0 Å². The van der Waals surface area contributed by atoms with Crippen molar-refractivity contribution < 1.29 is 38.8 Å². The van der Waals surface area contributed by atoms with E-state index >= 15 is 0 Å². The molecule has 2 fully saturated rings. The van der Waals surface area contributed by atoms with Crippen LogP contribution < -0.4 is 5.32 Å².